The van der Waals surface area contributed by atoms with Crippen LogP contribution in [0, 0.1) is 0 Å². The minimum Gasteiger partial charge on any atom is -0.480 e. The molecule has 0 fully saturated rings. The van der Waals surface area contributed by atoms with E-state index >= 15 is 0 Å². The Morgan fingerprint density at radius 3 is 2.95 bits per heavy atom. The van der Waals surface area contributed by atoms with Gasteiger partial charge in [0.15, 0.2) is 11.5 Å². The SMILES string of the molecule is O=C(O)C(NCc1ccc2c(c1)OCO2)c1ccc[nH]1. The van der Waals surface area contributed by atoms with E-state index in [9.17, 15) is 9.90 Å². The number of aromatic amines is 1. The van der Waals surface area contributed by atoms with Crippen molar-refractivity contribution in [2.45, 2.75) is 12.6 Å². The molecule has 1 aliphatic heterocycles. The molecule has 0 saturated heterocycles. The number of rotatable bonds is 5. The van der Waals surface area contributed by atoms with Gasteiger partial charge in [0, 0.05) is 18.4 Å². The summed E-state index contributed by atoms with van der Waals surface area (Å²) >= 11 is 0. The molecule has 6 nitrogen and oxygen atoms in total. The van der Waals surface area contributed by atoms with E-state index in [-0.39, 0.29) is 6.79 Å². The Balaban J connectivity index is 1.70. The molecule has 0 saturated carbocycles. The van der Waals surface area contributed by atoms with Crippen LogP contribution in [0.4, 0.5) is 0 Å². The summed E-state index contributed by atoms with van der Waals surface area (Å²) in [6.07, 6.45) is 1.70. The second kappa shape index (κ2) is 5.26. The molecule has 0 amide bonds. The third-order valence-electron chi connectivity index (χ3n) is 3.13. The van der Waals surface area contributed by atoms with Gasteiger partial charge in [0.05, 0.1) is 0 Å². The van der Waals surface area contributed by atoms with Crippen LogP contribution in [0.25, 0.3) is 0 Å². The van der Waals surface area contributed by atoms with Crippen LogP contribution in [-0.2, 0) is 11.3 Å². The van der Waals surface area contributed by atoms with Gasteiger partial charge < -0.3 is 19.6 Å². The normalized spacial score (nSPS) is 14.2. The van der Waals surface area contributed by atoms with Crippen LogP contribution in [0.5, 0.6) is 11.5 Å². The van der Waals surface area contributed by atoms with Crippen LogP contribution >= 0.6 is 0 Å². The van der Waals surface area contributed by atoms with Crippen molar-refractivity contribution in [3.8, 4) is 11.5 Å². The Morgan fingerprint density at radius 1 is 1.35 bits per heavy atom. The quantitative estimate of drug-likeness (QED) is 0.772. The lowest BCUT2D eigenvalue weighted by molar-refractivity contribution is -0.139. The van der Waals surface area contributed by atoms with E-state index in [2.05, 4.69) is 10.3 Å². The highest BCUT2D eigenvalue weighted by Gasteiger charge is 2.20. The van der Waals surface area contributed by atoms with Crippen molar-refractivity contribution >= 4 is 5.97 Å². The molecule has 20 heavy (non-hydrogen) atoms. The first-order valence-corrected chi connectivity index (χ1v) is 6.22. The summed E-state index contributed by atoms with van der Waals surface area (Å²) in [5.74, 6) is 0.483. The maximum atomic E-state index is 11.3. The third kappa shape index (κ3) is 2.46. The molecule has 0 aliphatic carbocycles. The number of hydrogen-bond acceptors (Lipinski definition) is 4. The summed E-state index contributed by atoms with van der Waals surface area (Å²) in [5.41, 5.74) is 1.56. The fraction of sp³-hybridized carbons (Fsp3) is 0.214. The van der Waals surface area contributed by atoms with Crippen molar-refractivity contribution in [1.82, 2.24) is 10.3 Å². The Bertz CT molecular complexity index is 610. The number of H-pyrrole nitrogens is 1. The van der Waals surface area contributed by atoms with Crippen LogP contribution in [0.3, 0.4) is 0 Å². The number of carboxylic acid groups (broad SMARTS) is 1. The monoisotopic (exact) mass is 274 g/mol. The van der Waals surface area contributed by atoms with Crippen molar-refractivity contribution in [3.05, 3.63) is 47.8 Å². The minimum absolute atomic E-state index is 0.229. The molecule has 0 spiro atoms. The lowest BCUT2D eigenvalue weighted by Gasteiger charge is -2.13. The molecule has 0 radical (unpaired) electrons. The zero-order chi connectivity index (χ0) is 13.9. The lowest BCUT2D eigenvalue weighted by Crippen LogP contribution is -2.28. The molecular weight excluding hydrogens is 260 g/mol. The van der Waals surface area contributed by atoms with Crippen molar-refractivity contribution in [1.29, 1.82) is 0 Å². The second-order valence-electron chi connectivity index (χ2n) is 4.47. The Kier molecular flexibility index (Phi) is 3.30. The summed E-state index contributed by atoms with van der Waals surface area (Å²) in [6.45, 7) is 0.652. The summed E-state index contributed by atoms with van der Waals surface area (Å²) in [4.78, 5) is 14.2. The molecule has 1 atom stereocenters. The van der Waals surface area contributed by atoms with Crippen LogP contribution in [0.15, 0.2) is 36.5 Å². The van der Waals surface area contributed by atoms with Crippen LogP contribution < -0.4 is 14.8 Å². The van der Waals surface area contributed by atoms with Gasteiger partial charge in [-0.15, -0.1) is 0 Å². The van der Waals surface area contributed by atoms with E-state index in [1.807, 2.05) is 18.2 Å². The van der Waals surface area contributed by atoms with Crippen molar-refractivity contribution in [2.75, 3.05) is 6.79 Å². The topological polar surface area (TPSA) is 83.6 Å². The van der Waals surface area contributed by atoms with Gasteiger partial charge in [-0.3, -0.25) is 10.1 Å². The summed E-state index contributed by atoms with van der Waals surface area (Å²) in [6, 6.07) is 8.30. The molecule has 6 heteroatoms. The number of aromatic nitrogens is 1. The number of nitrogens with one attached hydrogen (secondary N) is 2. The molecule has 104 valence electrons. The second-order valence-corrected chi connectivity index (χ2v) is 4.47. The maximum absolute atomic E-state index is 11.3. The van der Waals surface area contributed by atoms with Crippen LogP contribution in [-0.4, -0.2) is 22.9 Å². The standard InChI is InChI=1S/C14H14N2O4/c17-14(18)13(10-2-1-5-15-10)16-7-9-3-4-11-12(6-9)20-8-19-11/h1-6,13,15-16H,7-8H2,(H,17,18). The van der Waals surface area contributed by atoms with Gasteiger partial charge in [0.1, 0.15) is 6.04 Å². The van der Waals surface area contributed by atoms with E-state index < -0.39 is 12.0 Å². The number of carboxylic acids is 1. The smallest absolute Gasteiger partial charge is 0.326 e. The number of aliphatic carboxylic acids is 1. The Hall–Kier alpha value is -2.47. The van der Waals surface area contributed by atoms with Gasteiger partial charge in [0.2, 0.25) is 6.79 Å². The van der Waals surface area contributed by atoms with Crippen LogP contribution in [0.1, 0.15) is 17.3 Å². The summed E-state index contributed by atoms with van der Waals surface area (Å²) < 4.78 is 10.5. The van der Waals surface area contributed by atoms with Crippen molar-refractivity contribution in [3.63, 3.8) is 0 Å². The largest absolute Gasteiger partial charge is 0.480 e. The van der Waals surface area contributed by atoms with Gasteiger partial charge in [-0.25, -0.2) is 0 Å². The molecule has 1 aliphatic rings. The van der Waals surface area contributed by atoms with Gasteiger partial charge in [-0.2, -0.15) is 0 Å². The highest BCUT2D eigenvalue weighted by Crippen LogP contribution is 2.32. The Morgan fingerprint density at radius 2 is 2.20 bits per heavy atom. The maximum Gasteiger partial charge on any atom is 0.326 e. The van der Waals surface area contributed by atoms with E-state index in [1.165, 1.54) is 0 Å². The molecule has 2 heterocycles. The minimum atomic E-state index is -0.923. The van der Waals surface area contributed by atoms with Gasteiger partial charge in [-0.05, 0) is 29.8 Å². The number of fused-ring (bicyclic) bond motifs is 1. The molecule has 2 aromatic rings. The first-order chi connectivity index (χ1) is 9.74. The molecule has 0 bridgehead atoms. The zero-order valence-corrected chi connectivity index (χ0v) is 10.6. The molecule has 1 aromatic carbocycles. The first kappa shape index (κ1) is 12.6. The van der Waals surface area contributed by atoms with E-state index in [1.54, 1.807) is 18.3 Å². The lowest BCUT2D eigenvalue weighted by atomic mass is 10.1. The van der Waals surface area contributed by atoms with Crippen molar-refractivity contribution < 1.29 is 19.4 Å². The number of benzene rings is 1. The average molecular weight is 274 g/mol. The predicted octanol–water partition coefficient (Wildman–Crippen LogP) is 1.66. The number of ether oxygens (including phenoxy) is 2. The molecule has 1 aromatic heterocycles. The van der Waals surface area contributed by atoms with E-state index in [4.69, 9.17) is 9.47 Å². The Labute approximate surface area is 115 Å². The summed E-state index contributed by atoms with van der Waals surface area (Å²) in [5, 5.41) is 12.3. The highest BCUT2D eigenvalue weighted by atomic mass is 16.7. The van der Waals surface area contributed by atoms with Crippen molar-refractivity contribution in [2.24, 2.45) is 0 Å². The highest BCUT2D eigenvalue weighted by molar-refractivity contribution is 5.74. The zero-order valence-electron chi connectivity index (χ0n) is 10.6. The average Bonchev–Trinajstić information content (AvgIpc) is 3.08. The third-order valence-corrected chi connectivity index (χ3v) is 3.13. The molecular formula is C14H14N2O4. The fourth-order valence-electron chi connectivity index (χ4n) is 2.12. The first-order valence-electron chi connectivity index (χ1n) is 6.22. The van der Waals surface area contributed by atoms with E-state index in [0.717, 1.165) is 5.56 Å². The summed E-state index contributed by atoms with van der Waals surface area (Å²) in [7, 11) is 0. The number of hydrogen-bond donors (Lipinski definition) is 3. The molecule has 1 unspecified atom stereocenters. The molecule has 3 rings (SSSR count). The van der Waals surface area contributed by atoms with E-state index in [0.29, 0.717) is 23.7 Å². The van der Waals surface area contributed by atoms with Gasteiger partial charge >= 0.3 is 5.97 Å². The number of carbonyl (C=O) groups is 1. The predicted molar refractivity (Wildman–Crippen MR) is 70.6 cm³/mol. The fourth-order valence-corrected chi connectivity index (χ4v) is 2.12. The molecule has 3 N–H and O–H groups in total. The van der Waals surface area contributed by atoms with Gasteiger partial charge in [0.25, 0.3) is 0 Å². The van der Waals surface area contributed by atoms with Gasteiger partial charge in [-0.1, -0.05) is 6.07 Å². The van der Waals surface area contributed by atoms with Crippen LogP contribution in [0.2, 0.25) is 0 Å².